The van der Waals surface area contributed by atoms with Gasteiger partial charge in [-0.25, -0.2) is 0 Å². The molecule has 1 fully saturated rings. The Bertz CT molecular complexity index is 105. The van der Waals surface area contributed by atoms with E-state index in [2.05, 4.69) is 13.8 Å². The van der Waals surface area contributed by atoms with E-state index in [1.54, 1.807) is 0 Å². The van der Waals surface area contributed by atoms with Gasteiger partial charge in [-0.05, 0) is 30.7 Å². The third-order valence-electron chi connectivity index (χ3n) is 3.47. The Balaban J connectivity index is 2.61. The molecule has 2 atom stereocenters. The lowest BCUT2D eigenvalue weighted by molar-refractivity contribution is 0.216. The van der Waals surface area contributed by atoms with E-state index in [0.29, 0.717) is 5.41 Å². The van der Waals surface area contributed by atoms with E-state index in [0.717, 1.165) is 12.5 Å². The smallest absolute Gasteiger partial charge is 0.00181 e. The van der Waals surface area contributed by atoms with Gasteiger partial charge in [0.1, 0.15) is 0 Å². The van der Waals surface area contributed by atoms with E-state index < -0.39 is 0 Å². The summed E-state index contributed by atoms with van der Waals surface area (Å²) in [7, 11) is 0. The second-order valence-electron chi connectivity index (χ2n) is 3.71. The highest BCUT2D eigenvalue weighted by atomic mass is 14.6. The normalized spacial score (nSPS) is 40.5. The highest BCUT2D eigenvalue weighted by Crippen LogP contribution is 2.44. The first-order valence-corrected chi connectivity index (χ1v) is 4.45. The first-order chi connectivity index (χ1) is 4.75. The molecule has 0 bridgehead atoms. The Hall–Kier alpha value is -0.0400. The molecule has 1 saturated carbocycles. The summed E-state index contributed by atoms with van der Waals surface area (Å²) in [5, 5.41) is 0. The summed E-state index contributed by atoms with van der Waals surface area (Å²) in [6.07, 6.45) is 5.42. The summed E-state index contributed by atoms with van der Waals surface area (Å²) < 4.78 is 0. The molecule has 60 valence electrons. The van der Waals surface area contributed by atoms with Crippen molar-refractivity contribution in [3.8, 4) is 0 Å². The molecule has 1 heteroatoms. The van der Waals surface area contributed by atoms with E-state index in [1.165, 1.54) is 25.7 Å². The van der Waals surface area contributed by atoms with E-state index in [9.17, 15) is 0 Å². The van der Waals surface area contributed by atoms with Gasteiger partial charge in [0.25, 0.3) is 0 Å². The maximum absolute atomic E-state index is 5.77. The Morgan fingerprint density at radius 1 is 1.60 bits per heavy atom. The molecule has 10 heavy (non-hydrogen) atoms. The first kappa shape index (κ1) is 8.06. The van der Waals surface area contributed by atoms with Gasteiger partial charge in [0.05, 0.1) is 0 Å². The van der Waals surface area contributed by atoms with E-state index >= 15 is 0 Å². The Kier molecular flexibility index (Phi) is 2.35. The number of hydrogen-bond acceptors (Lipinski definition) is 1. The number of nitrogens with two attached hydrogens (primary N) is 1. The van der Waals surface area contributed by atoms with Crippen LogP contribution < -0.4 is 5.73 Å². The Morgan fingerprint density at radius 3 is 2.50 bits per heavy atom. The lowest BCUT2D eigenvalue weighted by Gasteiger charge is -2.30. The van der Waals surface area contributed by atoms with Gasteiger partial charge in [0.2, 0.25) is 0 Å². The quantitative estimate of drug-likeness (QED) is 0.626. The fraction of sp³-hybridized carbons (Fsp3) is 1.00. The lowest BCUT2D eigenvalue weighted by atomic mass is 9.77. The van der Waals surface area contributed by atoms with Crippen LogP contribution in [0.4, 0.5) is 0 Å². The standard InChI is InChI=1S/C9H19N/c1-3-9(7-10)6-4-5-8(9)2/h8H,3-7,10H2,1-2H3. The third kappa shape index (κ3) is 1.07. The fourth-order valence-corrected chi connectivity index (χ4v) is 2.29. The zero-order valence-corrected chi connectivity index (χ0v) is 7.19. The lowest BCUT2D eigenvalue weighted by Crippen LogP contribution is -2.31. The molecule has 0 heterocycles. The number of hydrogen-bond donors (Lipinski definition) is 1. The molecular formula is C9H19N. The molecule has 0 aromatic carbocycles. The van der Waals surface area contributed by atoms with Crippen molar-refractivity contribution in [2.45, 2.75) is 39.5 Å². The summed E-state index contributed by atoms with van der Waals surface area (Å²) in [5.41, 5.74) is 6.28. The molecule has 0 amide bonds. The molecule has 1 nitrogen and oxygen atoms in total. The minimum absolute atomic E-state index is 0.514. The molecule has 1 aliphatic carbocycles. The van der Waals surface area contributed by atoms with Gasteiger partial charge in [-0.15, -0.1) is 0 Å². The largest absolute Gasteiger partial charge is 0.330 e. The van der Waals surface area contributed by atoms with Gasteiger partial charge in [0.15, 0.2) is 0 Å². The van der Waals surface area contributed by atoms with Crippen molar-refractivity contribution in [1.29, 1.82) is 0 Å². The van der Waals surface area contributed by atoms with Crippen molar-refractivity contribution in [3.63, 3.8) is 0 Å². The van der Waals surface area contributed by atoms with Crippen LogP contribution in [0, 0.1) is 11.3 Å². The van der Waals surface area contributed by atoms with Crippen LogP contribution in [0.5, 0.6) is 0 Å². The van der Waals surface area contributed by atoms with Crippen LogP contribution in [-0.2, 0) is 0 Å². The summed E-state index contributed by atoms with van der Waals surface area (Å²) in [5.74, 6) is 0.863. The first-order valence-electron chi connectivity index (χ1n) is 4.45. The molecule has 1 rings (SSSR count). The van der Waals surface area contributed by atoms with E-state index in [4.69, 9.17) is 5.73 Å². The van der Waals surface area contributed by atoms with Gasteiger partial charge in [-0.1, -0.05) is 26.7 Å². The molecule has 0 saturated heterocycles. The monoisotopic (exact) mass is 141 g/mol. The highest BCUT2D eigenvalue weighted by Gasteiger charge is 2.36. The maximum Gasteiger partial charge on any atom is -0.00181 e. The zero-order valence-electron chi connectivity index (χ0n) is 7.19. The van der Waals surface area contributed by atoms with Crippen molar-refractivity contribution in [2.24, 2.45) is 17.1 Å². The van der Waals surface area contributed by atoms with Crippen LogP contribution in [0.25, 0.3) is 0 Å². The van der Waals surface area contributed by atoms with Crippen LogP contribution in [0.2, 0.25) is 0 Å². The molecule has 2 unspecified atom stereocenters. The minimum atomic E-state index is 0.514. The van der Waals surface area contributed by atoms with Gasteiger partial charge in [-0.2, -0.15) is 0 Å². The predicted octanol–water partition coefficient (Wildman–Crippen LogP) is 2.16. The molecule has 0 aliphatic heterocycles. The summed E-state index contributed by atoms with van der Waals surface area (Å²) in [6, 6.07) is 0. The molecule has 1 aliphatic rings. The second kappa shape index (κ2) is 2.91. The van der Waals surface area contributed by atoms with Crippen molar-refractivity contribution in [1.82, 2.24) is 0 Å². The topological polar surface area (TPSA) is 26.0 Å². The summed E-state index contributed by atoms with van der Waals surface area (Å²) in [6.45, 7) is 5.52. The van der Waals surface area contributed by atoms with Gasteiger partial charge >= 0.3 is 0 Å². The summed E-state index contributed by atoms with van der Waals surface area (Å²) in [4.78, 5) is 0. The Morgan fingerprint density at radius 2 is 2.30 bits per heavy atom. The molecule has 0 aromatic rings. The predicted molar refractivity (Wildman–Crippen MR) is 44.8 cm³/mol. The number of rotatable bonds is 2. The van der Waals surface area contributed by atoms with Crippen LogP contribution in [0.1, 0.15) is 39.5 Å². The molecule has 0 radical (unpaired) electrons. The van der Waals surface area contributed by atoms with Crippen LogP contribution in [0.3, 0.4) is 0 Å². The fourth-order valence-electron chi connectivity index (χ4n) is 2.29. The maximum atomic E-state index is 5.77. The van der Waals surface area contributed by atoms with Crippen LogP contribution >= 0.6 is 0 Å². The van der Waals surface area contributed by atoms with Crippen molar-refractivity contribution in [3.05, 3.63) is 0 Å². The minimum Gasteiger partial charge on any atom is -0.330 e. The molecule has 0 spiro atoms. The SMILES string of the molecule is CCC1(CN)CCCC1C. The zero-order chi connectivity index (χ0) is 7.61. The highest BCUT2D eigenvalue weighted by molar-refractivity contribution is 4.89. The van der Waals surface area contributed by atoms with Crippen LogP contribution in [0.15, 0.2) is 0 Å². The third-order valence-corrected chi connectivity index (χ3v) is 3.47. The van der Waals surface area contributed by atoms with Crippen molar-refractivity contribution < 1.29 is 0 Å². The average Bonchev–Trinajstić information content (AvgIpc) is 2.32. The Labute approximate surface area is 64.0 Å². The molecule has 0 aromatic heterocycles. The van der Waals surface area contributed by atoms with Crippen LogP contribution in [-0.4, -0.2) is 6.54 Å². The van der Waals surface area contributed by atoms with Gasteiger partial charge in [-0.3, -0.25) is 0 Å². The van der Waals surface area contributed by atoms with Crippen molar-refractivity contribution >= 4 is 0 Å². The molecular weight excluding hydrogens is 122 g/mol. The van der Waals surface area contributed by atoms with E-state index in [-0.39, 0.29) is 0 Å². The van der Waals surface area contributed by atoms with Gasteiger partial charge < -0.3 is 5.73 Å². The van der Waals surface area contributed by atoms with Crippen molar-refractivity contribution in [2.75, 3.05) is 6.54 Å². The average molecular weight is 141 g/mol. The molecule has 2 N–H and O–H groups in total. The summed E-state index contributed by atoms with van der Waals surface area (Å²) >= 11 is 0. The van der Waals surface area contributed by atoms with Gasteiger partial charge in [0, 0.05) is 0 Å². The van der Waals surface area contributed by atoms with E-state index in [1.807, 2.05) is 0 Å². The second-order valence-corrected chi connectivity index (χ2v) is 3.71.